The first-order chi connectivity index (χ1) is 13.0. The van der Waals surface area contributed by atoms with Gasteiger partial charge in [0.05, 0.1) is 17.9 Å². The molecule has 3 aromatic rings. The van der Waals surface area contributed by atoms with Crippen LogP contribution >= 0.6 is 11.6 Å². The van der Waals surface area contributed by atoms with Crippen LogP contribution in [0.2, 0.25) is 5.15 Å². The fourth-order valence-corrected chi connectivity index (χ4v) is 3.21. The summed E-state index contributed by atoms with van der Waals surface area (Å²) in [4.78, 5) is 20.1. The van der Waals surface area contributed by atoms with Crippen molar-refractivity contribution < 1.29 is 4.79 Å². The van der Waals surface area contributed by atoms with Gasteiger partial charge in [0.2, 0.25) is 0 Å². The lowest BCUT2D eigenvalue weighted by Gasteiger charge is -2.27. The Hall–Kier alpha value is -3.27. The summed E-state index contributed by atoms with van der Waals surface area (Å²) in [6.45, 7) is 0.591. The fraction of sp³-hybridized carbons (Fsp3) is 0.250. The van der Waals surface area contributed by atoms with Crippen molar-refractivity contribution in [2.45, 2.75) is 6.54 Å². The highest BCUT2D eigenvalue weighted by molar-refractivity contribution is 6.29. The predicted octanol–water partition coefficient (Wildman–Crippen LogP) is 1.37. The molecule has 0 saturated carbocycles. The minimum atomic E-state index is -0.379. The number of carbonyl (C=O) groups is 1. The third kappa shape index (κ3) is 2.93. The normalized spacial score (nSPS) is 12.4. The van der Waals surface area contributed by atoms with Crippen molar-refractivity contribution in [3.05, 3.63) is 34.9 Å². The molecule has 0 spiro atoms. The molecule has 0 radical (unpaired) electrons. The summed E-state index contributed by atoms with van der Waals surface area (Å²) >= 11 is 5.98. The van der Waals surface area contributed by atoms with E-state index in [0.29, 0.717) is 18.1 Å². The Kier molecular flexibility index (Phi) is 4.11. The number of fused-ring (bicyclic) bond motifs is 3. The van der Waals surface area contributed by atoms with Gasteiger partial charge in [-0.25, -0.2) is 4.98 Å². The largest absolute Gasteiger partial charge is 0.365 e. The number of halogens is 1. The van der Waals surface area contributed by atoms with Gasteiger partial charge in [-0.05, 0) is 6.07 Å². The Morgan fingerprint density at radius 2 is 2.07 bits per heavy atom. The third-order valence-corrected chi connectivity index (χ3v) is 4.38. The van der Waals surface area contributed by atoms with E-state index in [1.54, 1.807) is 18.0 Å². The summed E-state index contributed by atoms with van der Waals surface area (Å²) in [5.41, 5.74) is 3.99. The van der Waals surface area contributed by atoms with Crippen LogP contribution in [0.15, 0.2) is 18.3 Å². The standard InChI is InChI=1S/C16H16ClN9O/c1-18-16(27)13-9(6-11(17)21-22-13)20-15-14-8(4-5-19-15)12-10(7-25(14)2)23-26(3)24-12/h4-6H,7H2,1-3H3,(H,18,27)(H,19,20,21). The maximum absolute atomic E-state index is 12.1. The quantitative estimate of drug-likeness (QED) is 0.695. The summed E-state index contributed by atoms with van der Waals surface area (Å²) in [7, 11) is 5.26. The number of carbonyl (C=O) groups excluding carboxylic acids is 1. The lowest BCUT2D eigenvalue weighted by molar-refractivity contribution is 0.0958. The van der Waals surface area contributed by atoms with Crippen molar-refractivity contribution in [3.63, 3.8) is 0 Å². The molecule has 2 N–H and O–H groups in total. The van der Waals surface area contributed by atoms with Crippen LogP contribution in [0.3, 0.4) is 0 Å². The molecule has 0 fully saturated rings. The molecule has 11 heteroatoms. The molecule has 0 bridgehead atoms. The smallest absolute Gasteiger partial charge is 0.273 e. The molecular weight excluding hydrogens is 370 g/mol. The fourth-order valence-electron chi connectivity index (χ4n) is 3.07. The summed E-state index contributed by atoms with van der Waals surface area (Å²) in [6.07, 6.45) is 1.68. The lowest BCUT2D eigenvalue weighted by Crippen LogP contribution is -2.24. The van der Waals surface area contributed by atoms with E-state index < -0.39 is 0 Å². The number of anilines is 3. The van der Waals surface area contributed by atoms with E-state index in [9.17, 15) is 4.79 Å². The molecule has 1 aliphatic heterocycles. The van der Waals surface area contributed by atoms with Crippen molar-refractivity contribution in [2.24, 2.45) is 7.05 Å². The van der Waals surface area contributed by atoms with Gasteiger partial charge in [0, 0.05) is 39.0 Å². The highest BCUT2D eigenvalue weighted by atomic mass is 35.5. The second-order valence-corrected chi connectivity index (χ2v) is 6.42. The van der Waals surface area contributed by atoms with Gasteiger partial charge >= 0.3 is 0 Å². The van der Waals surface area contributed by atoms with E-state index in [2.05, 4.69) is 36.0 Å². The van der Waals surface area contributed by atoms with E-state index in [4.69, 9.17) is 11.6 Å². The van der Waals surface area contributed by atoms with E-state index in [1.165, 1.54) is 13.1 Å². The Balaban J connectivity index is 1.82. The molecule has 1 amide bonds. The molecule has 3 aromatic heterocycles. The van der Waals surface area contributed by atoms with Gasteiger partial charge in [-0.15, -0.1) is 10.2 Å². The van der Waals surface area contributed by atoms with Crippen LogP contribution in [-0.2, 0) is 13.6 Å². The van der Waals surface area contributed by atoms with Crippen molar-refractivity contribution >= 4 is 34.7 Å². The van der Waals surface area contributed by atoms with Crippen LogP contribution in [0.25, 0.3) is 11.3 Å². The molecule has 4 rings (SSSR count). The van der Waals surface area contributed by atoms with Gasteiger partial charge in [0.25, 0.3) is 5.91 Å². The van der Waals surface area contributed by atoms with Gasteiger partial charge in [-0.3, -0.25) is 4.79 Å². The van der Waals surface area contributed by atoms with Crippen molar-refractivity contribution in [3.8, 4) is 11.3 Å². The van der Waals surface area contributed by atoms with Crippen molar-refractivity contribution in [1.29, 1.82) is 0 Å². The SMILES string of the molecule is CNC(=O)c1nnc(Cl)cc1Nc1nccc2c1N(C)Cc1nn(C)nc1-2. The van der Waals surface area contributed by atoms with E-state index in [0.717, 1.165) is 22.6 Å². The minimum Gasteiger partial charge on any atom is -0.365 e. The number of aryl methyl sites for hydroxylation is 1. The first-order valence-electron chi connectivity index (χ1n) is 8.11. The summed E-state index contributed by atoms with van der Waals surface area (Å²) < 4.78 is 0. The molecule has 0 saturated heterocycles. The number of hydrogen-bond acceptors (Lipinski definition) is 8. The average molecular weight is 386 g/mol. The van der Waals surface area contributed by atoms with Crippen molar-refractivity contribution in [1.82, 2.24) is 35.5 Å². The Morgan fingerprint density at radius 3 is 2.85 bits per heavy atom. The Morgan fingerprint density at radius 1 is 1.26 bits per heavy atom. The number of amides is 1. The Labute approximate surface area is 159 Å². The Bertz CT molecular complexity index is 1050. The molecule has 0 unspecified atom stereocenters. The minimum absolute atomic E-state index is 0.125. The van der Waals surface area contributed by atoms with Crippen LogP contribution in [0, 0.1) is 0 Å². The van der Waals surface area contributed by atoms with Crippen molar-refractivity contribution in [2.75, 3.05) is 24.3 Å². The predicted molar refractivity (Wildman–Crippen MR) is 100 cm³/mol. The van der Waals surface area contributed by atoms with Crippen LogP contribution in [0.1, 0.15) is 16.2 Å². The first kappa shape index (κ1) is 17.2. The molecule has 138 valence electrons. The zero-order valence-corrected chi connectivity index (χ0v) is 15.6. The monoisotopic (exact) mass is 385 g/mol. The van der Waals surface area contributed by atoms with Gasteiger partial charge in [-0.2, -0.15) is 15.0 Å². The molecule has 1 aliphatic rings. The number of nitrogens with zero attached hydrogens (tertiary/aromatic N) is 7. The van der Waals surface area contributed by atoms with E-state index in [1.807, 2.05) is 18.0 Å². The second-order valence-electron chi connectivity index (χ2n) is 6.03. The van der Waals surface area contributed by atoms with Crippen LogP contribution in [-0.4, -0.2) is 50.2 Å². The van der Waals surface area contributed by atoms with Gasteiger partial charge in [0.1, 0.15) is 11.4 Å². The first-order valence-corrected chi connectivity index (χ1v) is 8.48. The maximum Gasteiger partial charge on any atom is 0.273 e. The maximum atomic E-state index is 12.1. The molecule has 27 heavy (non-hydrogen) atoms. The molecule has 4 heterocycles. The zero-order chi connectivity index (χ0) is 19.1. The number of hydrogen-bond donors (Lipinski definition) is 2. The molecule has 10 nitrogen and oxygen atoms in total. The number of aromatic nitrogens is 6. The van der Waals surface area contributed by atoms with Crippen LogP contribution in [0.5, 0.6) is 0 Å². The number of nitrogens with one attached hydrogen (secondary N) is 2. The van der Waals surface area contributed by atoms with Gasteiger partial charge in [0.15, 0.2) is 16.7 Å². The summed E-state index contributed by atoms with van der Waals surface area (Å²) in [6, 6.07) is 3.43. The zero-order valence-electron chi connectivity index (χ0n) is 14.9. The number of rotatable bonds is 3. The second kappa shape index (κ2) is 6.47. The van der Waals surface area contributed by atoms with Gasteiger partial charge in [-0.1, -0.05) is 11.6 Å². The average Bonchev–Trinajstić information content (AvgIpc) is 3.01. The van der Waals surface area contributed by atoms with Crippen LogP contribution < -0.4 is 15.5 Å². The lowest BCUT2D eigenvalue weighted by atomic mass is 10.0. The summed E-state index contributed by atoms with van der Waals surface area (Å²) in [5, 5.41) is 22.4. The van der Waals surface area contributed by atoms with E-state index >= 15 is 0 Å². The highest BCUT2D eigenvalue weighted by Gasteiger charge is 2.27. The third-order valence-electron chi connectivity index (χ3n) is 4.19. The van der Waals surface area contributed by atoms with E-state index in [-0.39, 0.29) is 16.8 Å². The molecular formula is C16H16ClN9O. The van der Waals surface area contributed by atoms with Crippen LogP contribution in [0.4, 0.5) is 17.2 Å². The highest BCUT2D eigenvalue weighted by Crippen LogP contribution is 2.41. The topological polar surface area (TPSA) is 114 Å². The number of pyridine rings is 1. The van der Waals surface area contributed by atoms with Gasteiger partial charge < -0.3 is 15.5 Å². The molecule has 0 atom stereocenters. The molecule has 0 aliphatic carbocycles. The molecule has 0 aromatic carbocycles. The summed E-state index contributed by atoms with van der Waals surface area (Å²) in [5.74, 6) is 0.177.